The average Bonchev–Trinajstić information content (AvgIpc) is 2.38. The molecule has 1 N–H and O–H groups in total. The Morgan fingerprint density at radius 1 is 1.37 bits per heavy atom. The van der Waals surface area contributed by atoms with Crippen LogP contribution in [0.1, 0.15) is 23.0 Å². The number of carboxylic acids is 1. The first-order valence-corrected chi connectivity index (χ1v) is 5.61. The second-order valence-corrected chi connectivity index (χ2v) is 3.75. The molecule has 1 aromatic heterocycles. The molecule has 0 saturated heterocycles. The zero-order valence-electron chi connectivity index (χ0n) is 10.1. The third-order valence-corrected chi connectivity index (χ3v) is 2.45. The van der Waals surface area contributed by atoms with Crippen LogP contribution in [0.3, 0.4) is 0 Å². The maximum absolute atomic E-state index is 13.5. The van der Waals surface area contributed by atoms with Crippen molar-refractivity contribution in [1.29, 1.82) is 0 Å². The molecule has 2 rings (SSSR count). The molecule has 2 aromatic rings. The molecule has 0 bridgehead atoms. The van der Waals surface area contributed by atoms with E-state index in [-0.39, 0.29) is 11.6 Å². The smallest absolute Gasteiger partial charge is 0.338 e. The molecule has 1 aromatic carbocycles. The van der Waals surface area contributed by atoms with Crippen molar-refractivity contribution in [2.75, 3.05) is 0 Å². The topological polar surface area (TPSA) is 72.3 Å². The number of hydrogen-bond donors (Lipinski definition) is 1. The van der Waals surface area contributed by atoms with Gasteiger partial charge in [-0.15, -0.1) is 0 Å². The van der Waals surface area contributed by atoms with Gasteiger partial charge in [-0.05, 0) is 18.6 Å². The van der Waals surface area contributed by atoms with Gasteiger partial charge in [-0.3, -0.25) is 0 Å². The maximum atomic E-state index is 13.5. The van der Waals surface area contributed by atoms with Crippen molar-refractivity contribution < 1.29 is 19.0 Å². The van der Waals surface area contributed by atoms with Crippen LogP contribution in [0.25, 0.3) is 0 Å². The number of carbonyl (C=O) groups is 1. The number of benzene rings is 1. The van der Waals surface area contributed by atoms with Crippen LogP contribution in [-0.2, 0) is 6.42 Å². The molecule has 19 heavy (non-hydrogen) atoms. The van der Waals surface area contributed by atoms with Crippen LogP contribution >= 0.6 is 0 Å². The van der Waals surface area contributed by atoms with Crippen molar-refractivity contribution in [3.05, 3.63) is 47.7 Å². The molecule has 0 atom stereocenters. The number of hydrogen-bond acceptors (Lipinski definition) is 4. The van der Waals surface area contributed by atoms with Gasteiger partial charge in [-0.25, -0.2) is 19.2 Å². The Bertz CT molecular complexity index is 617. The molecule has 6 heteroatoms. The molecule has 0 saturated carbocycles. The molecular weight excluding hydrogens is 251 g/mol. The third-order valence-electron chi connectivity index (χ3n) is 2.45. The maximum Gasteiger partial charge on any atom is 0.338 e. The van der Waals surface area contributed by atoms with Crippen molar-refractivity contribution in [3.8, 4) is 11.6 Å². The van der Waals surface area contributed by atoms with E-state index in [2.05, 4.69) is 9.97 Å². The molecule has 1 heterocycles. The lowest BCUT2D eigenvalue weighted by atomic mass is 10.2. The second-order valence-electron chi connectivity index (χ2n) is 3.75. The number of aromatic carboxylic acids is 1. The summed E-state index contributed by atoms with van der Waals surface area (Å²) in [5.74, 6) is -1.70. The van der Waals surface area contributed by atoms with Crippen LogP contribution in [-0.4, -0.2) is 21.0 Å². The van der Waals surface area contributed by atoms with Gasteiger partial charge in [0.15, 0.2) is 0 Å². The first-order valence-electron chi connectivity index (χ1n) is 5.61. The van der Waals surface area contributed by atoms with Crippen molar-refractivity contribution in [2.45, 2.75) is 13.3 Å². The lowest BCUT2D eigenvalue weighted by Crippen LogP contribution is -2.00. The number of aromatic nitrogens is 2. The quantitative estimate of drug-likeness (QED) is 0.917. The highest BCUT2D eigenvalue weighted by molar-refractivity contribution is 5.88. The highest BCUT2D eigenvalue weighted by Crippen LogP contribution is 2.22. The summed E-state index contributed by atoms with van der Waals surface area (Å²) in [7, 11) is 0. The van der Waals surface area contributed by atoms with Crippen molar-refractivity contribution in [3.63, 3.8) is 0 Å². The van der Waals surface area contributed by atoms with Gasteiger partial charge in [-0.2, -0.15) is 0 Å². The fourth-order valence-corrected chi connectivity index (χ4v) is 1.48. The highest BCUT2D eigenvalue weighted by atomic mass is 19.1. The fourth-order valence-electron chi connectivity index (χ4n) is 1.48. The van der Waals surface area contributed by atoms with Gasteiger partial charge in [-0.1, -0.05) is 6.92 Å². The van der Waals surface area contributed by atoms with Gasteiger partial charge in [0.05, 0.1) is 5.56 Å². The van der Waals surface area contributed by atoms with Crippen LogP contribution in [0, 0.1) is 5.82 Å². The van der Waals surface area contributed by atoms with E-state index in [9.17, 15) is 9.18 Å². The Morgan fingerprint density at radius 3 is 2.79 bits per heavy atom. The number of carboxylic acid groups (broad SMARTS) is 1. The molecule has 98 valence electrons. The summed E-state index contributed by atoms with van der Waals surface area (Å²) in [6, 6.07) is 5.18. The second kappa shape index (κ2) is 5.43. The highest BCUT2D eigenvalue weighted by Gasteiger charge is 2.11. The Kier molecular flexibility index (Phi) is 3.70. The van der Waals surface area contributed by atoms with E-state index < -0.39 is 17.3 Å². The molecular formula is C13H11FN2O3. The predicted molar refractivity (Wildman–Crippen MR) is 64.8 cm³/mol. The minimum absolute atomic E-state index is 0.184. The predicted octanol–water partition coefficient (Wildman–Crippen LogP) is 2.67. The molecule has 0 amide bonds. The number of rotatable bonds is 4. The summed E-state index contributed by atoms with van der Waals surface area (Å²) >= 11 is 0. The first kappa shape index (κ1) is 12.9. The molecule has 5 nitrogen and oxygen atoms in total. The van der Waals surface area contributed by atoms with Gasteiger partial charge in [0.1, 0.15) is 17.9 Å². The van der Waals surface area contributed by atoms with Crippen LogP contribution < -0.4 is 4.74 Å². The van der Waals surface area contributed by atoms with E-state index in [1.54, 1.807) is 6.07 Å². The molecule has 0 aliphatic rings. The number of ether oxygens (including phenoxy) is 1. The van der Waals surface area contributed by atoms with Crippen LogP contribution in [0.2, 0.25) is 0 Å². The summed E-state index contributed by atoms with van der Waals surface area (Å²) in [5.41, 5.74) is 0.400. The average molecular weight is 262 g/mol. The van der Waals surface area contributed by atoms with Gasteiger partial charge in [0.25, 0.3) is 0 Å². The summed E-state index contributed by atoms with van der Waals surface area (Å²) in [5, 5.41) is 8.71. The summed E-state index contributed by atoms with van der Waals surface area (Å²) in [6.45, 7) is 1.94. The molecule has 0 aliphatic heterocycles. The molecule has 0 unspecified atom stereocenters. The van der Waals surface area contributed by atoms with Gasteiger partial charge < -0.3 is 9.84 Å². The van der Waals surface area contributed by atoms with Crippen molar-refractivity contribution in [1.82, 2.24) is 9.97 Å². The normalized spacial score (nSPS) is 10.2. The fraction of sp³-hybridized carbons (Fsp3) is 0.154. The summed E-state index contributed by atoms with van der Waals surface area (Å²) in [6.07, 6.45) is 2.08. The van der Waals surface area contributed by atoms with Gasteiger partial charge >= 0.3 is 5.97 Å². The zero-order valence-corrected chi connectivity index (χ0v) is 10.1. The van der Waals surface area contributed by atoms with E-state index in [0.717, 1.165) is 24.2 Å². The van der Waals surface area contributed by atoms with Crippen molar-refractivity contribution >= 4 is 5.97 Å². The van der Waals surface area contributed by atoms with E-state index in [4.69, 9.17) is 9.84 Å². The van der Waals surface area contributed by atoms with E-state index >= 15 is 0 Å². The zero-order chi connectivity index (χ0) is 13.8. The Labute approximate surface area is 108 Å². The lowest BCUT2D eigenvalue weighted by Gasteiger charge is -2.06. The number of halogens is 1. The standard InChI is InChI=1S/C13H11FN2O3/c1-2-8-5-12(16-7-15-8)19-9-3-4-10(13(17)18)11(14)6-9/h3-7H,2H2,1H3,(H,17,18). The van der Waals surface area contributed by atoms with Crippen molar-refractivity contribution in [2.24, 2.45) is 0 Å². The van der Waals surface area contributed by atoms with E-state index in [1.807, 2.05) is 6.92 Å². The first-order chi connectivity index (χ1) is 9.10. The molecule has 0 aliphatic carbocycles. The van der Waals surface area contributed by atoms with Crippen LogP contribution in [0.4, 0.5) is 4.39 Å². The molecule has 0 spiro atoms. The van der Waals surface area contributed by atoms with Crippen LogP contribution in [0.15, 0.2) is 30.6 Å². The van der Waals surface area contributed by atoms with E-state index in [1.165, 1.54) is 12.4 Å². The van der Waals surface area contributed by atoms with E-state index in [0.29, 0.717) is 0 Å². The minimum Gasteiger partial charge on any atom is -0.478 e. The number of aryl methyl sites for hydroxylation is 1. The Balaban J connectivity index is 2.23. The van der Waals surface area contributed by atoms with Gasteiger partial charge in [0, 0.05) is 17.8 Å². The lowest BCUT2D eigenvalue weighted by molar-refractivity contribution is 0.0692. The SMILES string of the molecule is CCc1cc(Oc2ccc(C(=O)O)c(F)c2)ncn1. The monoisotopic (exact) mass is 262 g/mol. The minimum atomic E-state index is -1.32. The summed E-state index contributed by atoms with van der Waals surface area (Å²) < 4.78 is 18.8. The number of nitrogens with zero attached hydrogens (tertiary/aromatic N) is 2. The van der Waals surface area contributed by atoms with Crippen LogP contribution in [0.5, 0.6) is 11.6 Å². The Hall–Kier alpha value is -2.50. The molecule has 0 radical (unpaired) electrons. The largest absolute Gasteiger partial charge is 0.478 e. The Morgan fingerprint density at radius 2 is 2.16 bits per heavy atom. The van der Waals surface area contributed by atoms with Gasteiger partial charge in [0.2, 0.25) is 5.88 Å². The third kappa shape index (κ3) is 3.04. The summed E-state index contributed by atoms with van der Waals surface area (Å²) in [4.78, 5) is 18.6. The molecule has 0 fully saturated rings.